The van der Waals surface area contributed by atoms with Gasteiger partial charge in [-0.05, 0) is 31.5 Å². The van der Waals surface area contributed by atoms with Crippen molar-refractivity contribution < 1.29 is 9.53 Å². The van der Waals surface area contributed by atoms with Crippen LogP contribution < -0.4 is 0 Å². The van der Waals surface area contributed by atoms with Crippen molar-refractivity contribution in [2.45, 2.75) is 20.4 Å². The Labute approximate surface area is 130 Å². The molecule has 0 aliphatic rings. The molecule has 0 saturated heterocycles. The summed E-state index contributed by atoms with van der Waals surface area (Å²) in [6.45, 7) is 4.39. The summed E-state index contributed by atoms with van der Waals surface area (Å²) < 4.78 is 7.37. The molecule has 0 bridgehead atoms. The van der Waals surface area contributed by atoms with Crippen molar-refractivity contribution in [3.63, 3.8) is 0 Å². The highest BCUT2D eigenvalue weighted by atomic mass is 79.9. The van der Waals surface area contributed by atoms with Crippen LogP contribution in [0.25, 0.3) is 0 Å². The highest BCUT2D eigenvalue weighted by Gasteiger charge is 2.12. The van der Waals surface area contributed by atoms with E-state index in [1.54, 1.807) is 12.1 Å². The minimum Gasteiger partial charge on any atom is -0.465 e. The Morgan fingerprint density at radius 2 is 2.15 bits per heavy atom. The zero-order valence-corrected chi connectivity index (χ0v) is 13.7. The van der Waals surface area contributed by atoms with Crippen molar-refractivity contribution in [1.82, 2.24) is 9.78 Å². The number of ether oxygens (including phenoxy) is 1. The van der Waals surface area contributed by atoms with Crippen LogP contribution in [0, 0.1) is 13.8 Å². The van der Waals surface area contributed by atoms with E-state index < -0.39 is 0 Å². The SMILES string of the molecule is COC(=O)c1ccc(Cn2nc(C)c(Cl)c2C)c(Br)c1. The van der Waals surface area contributed by atoms with E-state index in [1.807, 2.05) is 24.6 Å². The second-order valence-electron chi connectivity index (χ2n) is 4.44. The van der Waals surface area contributed by atoms with Crippen LogP contribution in [0.3, 0.4) is 0 Å². The number of methoxy groups -OCH3 is 1. The van der Waals surface area contributed by atoms with Crippen LogP contribution >= 0.6 is 27.5 Å². The molecule has 0 fully saturated rings. The molecule has 1 aromatic carbocycles. The fourth-order valence-corrected chi connectivity index (χ4v) is 2.55. The molecule has 0 aliphatic heterocycles. The summed E-state index contributed by atoms with van der Waals surface area (Å²) in [5.41, 5.74) is 3.26. The van der Waals surface area contributed by atoms with E-state index in [1.165, 1.54) is 7.11 Å². The average molecular weight is 358 g/mol. The van der Waals surface area contributed by atoms with Gasteiger partial charge in [-0.15, -0.1) is 0 Å². The van der Waals surface area contributed by atoms with Gasteiger partial charge in [-0.1, -0.05) is 33.6 Å². The molecule has 4 nitrogen and oxygen atoms in total. The second-order valence-corrected chi connectivity index (χ2v) is 5.67. The van der Waals surface area contributed by atoms with Crippen LogP contribution in [0.2, 0.25) is 5.02 Å². The summed E-state index contributed by atoms with van der Waals surface area (Å²) >= 11 is 9.60. The fraction of sp³-hybridized carbons (Fsp3) is 0.286. The highest BCUT2D eigenvalue weighted by molar-refractivity contribution is 9.10. The van der Waals surface area contributed by atoms with Crippen LogP contribution in [-0.2, 0) is 11.3 Å². The van der Waals surface area contributed by atoms with Crippen molar-refractivity contribution in [3.05, 3.63) is 50.2 Å². The maximum atomic E-state index is 11.5. The largest absolute Gasteiger partial charge is 0.465 e. The monoisotopic (exact) mass is 356 g/mol. The number of esters is 1. The molecule has 2 aromatic rings. The summed E-state index contributed by atoms with van der Waals surface area (Å²) in [6.07, 6.45) is 0. The highest BCUT2D eigenvalue weighted by Crippen LogP contribution is 2.23. The Balaban J connectivity index is 2.30. The van der Waals surface area contributed by atoms with E-state index in [0.717, 1.165) is 21.4 Å². The molecule has 1 heterocycles. The molecule has 1 aromatic heterocycles. The van der Waals surface area contributed by atoms with E-state index in [4.69, 9.17) is 16.3 Å². The van der Waals surface area contributed by atoms with Gasteiger partial charge in [-0.25, -0.2) is 4.79 Å². The summed E-state index contributed by atoms with van der Waals surface area (Å²) in [5.74, 6) is -0.355. The number of carbonyl (C=O) groups is 1. The second kappa shape index (κ2) is 5.97. The van der Waals surface area contributed by atoms with Crippen molar-refractivity contribution >= 4 is 33.5 Å². The predicted molar refractivity (Wildman–Crippen MR) is 81.3 cm³/mol. The van der Waals surface area contributed by atoms with Crippen molar-refractivity contribution in [3.8, 4) is 0 Å². The lowest BCUT2D eigenvalue weighted by molar-refractivity contribution is 0.0600. The minimum absolute atomic E-state index is 0.355. The maximum Gasteiger partial charge on any atom is 0.337 e. The summed E-state index contributed by atoms with van der Waals surface area (Å²) in [5, 5.41) is 5.08. The third-order valence-corrected chi connectivity index (χ3v) is 4.37. The third kappa shape index (κ3) is 2.88. The third-order valence-electron chi connectivity index (χ3n) is 3.09. The van der Waals surface area contributed by atoms with E-state index in [-0.39, 0.29) is 5.97 Å². The number of carbonyl (C=O) groups excluding carboxylic acids is 1. The minimum atomic E-state index is -0.355. The molecule has 0 aliphatic carbocycles. The maximum absolute atomic E-state index is 11.5. The number of nitrogens with zero attached hydrogens (tertiary/aromatic N) is 2. The molecule has 0 saturated carbocycles. The van der Waals surface area contributed by atoms with Crippen LogP contribution in [0.4, 0.5) is 0 Å². The van der Waals surface area contributed by atoms with E-state index in [9.17, 15) is 4.79 Å². The molecular weight excluding hydrogens is 344 g/mol. The van der Waals surface area contributed by atoms with Crippen LogP contribution in [-0.4, -0.2) is 22.9 Å². The van der Waals surface area contributed by atoms with Gasteiger partial charge in [0.05, 0.1) is 35.6 Å². The van der Waals surface area contributed by atoms with Gasteiger partial charge in [0.15, 0.2) is 0 Å². The van der Waals surface area contributed by atoms with E-state index >= 15 is 0 Å². The first kappa shape index (κ1) is 15.1. The van der Waals surface area contributed by atoms with Crippen LogP contribution in [0.15, 0.2) is 22.7 Å². The van der Waals surface area contributed by atoms with Crippen molar-refractivity contribution in [1.29, 1.82) is 0 Å². The lowest BCUT2D eigenvalue weighted by Crippen LogP contribution is -2.06. The Bertz CT molecular complexity index is 667. The van der Waals surface area contributed by atoms with Gasteiger partial charge in [0.2, 0.25) is 0 Å². The molecule has 2 rings (SSSR count). The van der Waals surface area contributed by atoms with Gasteiger partial charge < -0.3 is 4.74 Å². The summed E-state index contributed by atoms with van der Waals surface area (Å²) in [7, 11) is 1.36. The van der Waals surface area contributed by atoms with Gasteiger partial charge in [0.1, 0.15) is 0 Å². The van der Waals surface area contributed by atoms with Crippen molar-refractivity contribution in [2.75, 3.05) is 7.11 Å². The van der Waals surface area contributed by atoms with E-state index in [2.05, 4.69) is 21.0 Å². The number of aromatic nitrogens is 2. The Morgan fingerprint density at radius 1 is 1.45 bits per heavy atom. The zero-order chi connectivity index (χ0) is 14.9. The predicted octanol–water partition coefficient (Wildman–Crippen LogP) is 3.75. The molecule has 0 radical (unpaired) electrons. The molecular formula is C14H14BrClN2O2. The number of benzene rings is 1. The normalized spacial score (nSPS) is 10.7. The molecule has 0 spiro atoms. The van der Waals surface area contributed by atoms with Crippen LogP contribution in [0.1, 0.15) is 27.3 Å². The van der Waals surface area contributed by atoms with Gasteiger partial charge in [0, 0.05) is 4.47 Å². The number of hydrogen-bond donors (Lipinski definition) is 0. The summed E-state index contributed by atoms with van der Waals surface area (Å²) in [4.78, 5) is 11.5. The van der Waals surface area contributed by atoms with Gasteiger partial charge in [-0.2, -0.15) is 5.10 Å². The first-order valence-electron chi connectivity index (χ1n) is 6.00. The smallest absolute Gasteiger partial charge is 0.337 e. The first-order chi connectivity index (χ1) is 9.43. The first-order valence-corrected chi connectivity index (χ1v) is 7.17. The van der Waals surface area contributed by atoms with Gasteiger partial charge in [0.25, 0.3) is 0 Å². The lowest BCUT2D eigenvalue weighted by atomic mass is 10.1. The quantitative estimate of drug-likeness (QED) is 0.786. The molecule has 0 N–H and O–H groups in total. The Kier molecular flexibility index (Phi) is 4.50. The van der Waals surface area contributed by atoms with Gasteiger partial charge >= 0.3 is 5.97 Å². The average Bonchev–Trinajstić information content (AvgIpc) is 2.67. The number of halogens is 2. The molecule has 106 valence electrons. The molecule has 20 heavy (non-hydrogen) atoms. The van der Waals surface area contributed by atoms with Gasteiger partial charge in [-0.3, -0.25) is 4.68 Å². The topological polar surface area (TPSA) is 44.1 Å². The van der Waals surface area contributed by atoms with Crippen LogP contribution in [0.5, 0.6) is 0 Å². The Hall–Kier alpha value is -1.33. The fourth-order valence-electron chi connectivity index (χ4n) is 1.91. The van der Waals surface area contributed by atoms with E-state index in [0.29, 0.717) is 17.1 Å². The lowest BCUT2D eigenvalue weighted by Gasteiger charge is -2.08. The summed E-state index contributed by atoms with van der Waals surface area (Å²) in [6, 6.07) is 5.36. The number of aryl methyl sites for hydroxylation is 1. The number of hydrogen-bond acceptors (Lipinski definition) is 3. The number of rotatable bonds is 3. The standard InChI is InChI=1S/C14H14BrClN2O2/c1-8-13(16)9(2)18(17-8)7-11-5-4-10(6-12(11)15)14(19)20-3/h4-6H,7H2,1-3H3. The Morgan fingerprint density at radius 3 is 2.65 bits per heavy atom. The zero-order valence-electron chi connectivity index (χ0n) is 11.4. The molecule has 0 unspecified atom stereocenters. The molecule has 0 amide bonds. The molecule has 0 atom stereocenters. The molecule has 6 heteroatoms. The van der Waals surface area contributed by atoms with Crippen molar-refractivity contribution in [2.24, 2.45) is 0 Å².